The van der Waals surface area contributed by atoms with Crippen LogP contribution in [0.3, 0.4) is 0 Å². The lowest BCUT2D eigenvalue weighted by molar-refractivity contribution is 0.341. The van der Waals surface area contributed by atoms with E-state index in [1.54, 1.807) is 0 Å². The smallest absolute Gasteiger partial charge is 0.222 e. The van der Waals surface area contributed by atoms with Crippen molar-refractivity contribution in [3.63, 3.8) is 0 Å². The molecule has 0 spiro atoms. The van der Waals surface area contributed by atoms with E-state index < -0.39 is 0 Å². The molecule has 26 heavy (non-hydrogen) atoms. The Kier molecular flexibility index (Phi) is 6.25. The zero-order valence-corrected chi connectivity index (χ0v) is 16.3. The highest BCUT2D eigenvalue weighted by atomic mass is 15.3. The summed E-state index contributed by atoms with van der Waals surface area (Å²) in [4.78, 5) is 8.94. The van der Waals surface area contributed by atoms with Crippen molar-refractivity contribution in [2.45, 2.75) is 64.0 Å². The molecule has 6 heteroatoms. The molecular weight excluding hydrogens is 324 g/mol. The molecule has 0 unspecified atom stereocenters. The van der Waals surface area contributed by atoms with Crippen LogP contribution < -0.4 is 10.6 Å². The van der Waals surface area contributed by atoms with Crippen LogP contribution >= 0.6 is 0 Å². The Bertz CT molecular complexity index is 674. The van der Waals surface area contributed by atoms with E-state index in [2.05, 4.69) is 27.4 Å². The van der Waals surface area contributed by atoms with Gasteiger partial charge in [-0.3, -0.25) is 4.68 Å². The van der Waals surface area contributed by atoms with Gasteiger partial charge in [-0.2, -0.15) is 5.10 Å². The van der Waals surface area contributed by atoms with Crippen LogP contribution in [0.5, 0.6) is 0 Å². The lowest BCUT2D eigenvalue weighted by atomic mass is 9.91. The number of guanidine groups is 1. The normalized spacial score (nSPS) is 24.6. The molecule has 0 bridgehead atoms. The fourth-order valence-corrected chi connectivity index (χ4v) is 3.73. The number of hydrogen-bond donors (Lipinski definition) is 2. The van der Waals surface area contributed by atoms with Crippen molar-refractivity contribution in [2.24, 2.45) is 23.0 Å². The average Bonchev–Trinajstić information content (AvgIpc) is 3.42. The SMILES string of the molecule is C=N/C(=N\C(=C/C)c1cnn(C)c1CC1CC1)NC1CCC(NC)CC1. The van der Waals surface area contributed by atoms with Gasteiger partial charge >= 0.3 is 0 Å². The Morgan fingerprint density at radius 2 is 1.96 bits per heavy atom. The second-order valence-corrected chi connectivity index (χ2v) is 7.53. The van der Waals surface area contributed by atoms with E-state index in [-0.39, 0.29) is 0 Å². The fraction of sp³-hybridized carbons (Fsp3) is 0.650. The van der Waals surface area contributed by atoms with Gasteiger partial charge in [-0.25, -0.2) is 9.98 Å². The lowest BCUT2D eigenvalue weighted by Gasteiger charge is -2.29. The number of nitrogens with zero attached hydrogens (tertiary/aromatic N) is 4. The summed E-state index contributed by atoms with van der Waals surface area (Å²) in [5.74, 6) is 1.43. The molecule has 2 aliphatic rings. The molecule has 0 radical (unpaired) electrons. The van der Waals surface area contributed by atoms with Crippen molar-refractivity contribution in [1.82, 2.24) is 20.4 Å². The monoisotopic (exact) mass is 356 g/mol. The lowest BCUT2D eigenvalue weighted by Crippen LogP contribution is -2.40. The maximum absolute atomic E-state index is 4.79. The predicted octanol–water partition coefficient (Wildman–Crippen LogP) is 2.91. The Hall–Kier alpha value is -1.95. The summed E-state index contributed by atoms with van der Waals surface area (Å²) in [5, 5.41) is 11.3. The highest BCUT2D eigenvalue weighted by Gasteiger charge is 2.26. The molecule has 2 N–H and O–H groups in total. The van der Waals surface area contributed by atoms with Crippen LogP contribution in [0.2, 0.25) is 0 Å². The van der Waals surface area contributed by atoms with Gasteiger partial charge in [0.2, 0.25) is 5.96 Å². The third-order valence-corrected chi connectivity index (χ3v) is 5.63. The summed E-state index contributed by atoms with van der Waals surface area (Å²) < 4.78 is 1.99. The van der Waals surface area contributed by atoms with Crippen LogP contribution in [0.4, 0.5) is 0 Å². The summed E-state index contributed by atoms with van der Waals surface area (Å²) in [7, 11) is 4.06. The maximum atomic E-state index is 4.79. The summed E-state index contributed by atoms with van der Waals surface area (Å²) >= 11 is 0. The summed E-state index contributed by atoms with van der Waals surface area (Å²) in [6, 6.07) is 1.05. The number of aliphatic imine (C=N–C) groups is 2. The first-order chi connectivity index (χ1) is 12.6. The van der Waals surface area contributed by atoms with E-state index in [0.717, 1.165) is 36.4 Å². The molecule has 3 rings (SSSR count). The minimum absolute atomic E-state index is 0.418. The number of aryl methyl sites for hydroxylation is 1. The first-order valence-electron chi connectivity index (χ1n) is 9.81. The summed E-state index contributed by atoms with van der Waals surface area (Å²) in [5.41, 5.74) is 3.30. The van der Waals surface area contributed by atoms with E-state index in [1.807, 2.05) is 38.0 Å². The van der Waals surface area contributed by atoms with Crippen molar-refractivity contribution in [2.75, 3.05) is 7.05 Å². The first-order valence-corrected chi connectivity index (χ1v) is 9.81. The molecule has 2 aliphatic carbocycles. The van der Waals surface area contributed by atoms with Gasteiger partial charge in [-0.1, -0.05) is 6.08 Å². The van der Waals surface area contributed by atoms with Crippen LogP contribution in [0, 0.1) is 5.92 Å². The molecule has 6 nitrogen and oxygen atoms in total. The zero-order chi connectivity index (χ0) is 18.5. The van der Waals surface area contributed by atoms with Crippen molar-refractivity contribution >= 4 is 18.4 Å². The fourth-order valence-electron chi connectivity index (χ4n) is 3.73. The van der Waals surface area contributed by atoms with E-state index in [0.29, 0.717) is 18.0 Å². The van der Waals surface area contributed by atoms with Gasteiger partial charge in [0.15, 0.2) is 0 Å². The molecule has 0 amide bonds. The third kappa shape index (κ3) is 4.61. The Morgan fingerprint density at radius 1 is 1.27 bits per heavy atom. The largest absolute Gasteiger partial charge is 0.351 e. The summed E-state index contributed by atoms with van der Waals surface area (Å²) in [6.07, 6.45) is 12.3. The predicted molar refractivity (Wildman–Crippen MR) is 109 cm³/mol. The van der Waals surface area contributed by atoms with Gasteiger partial charge in [0, 0.05) is 30.4 Å². The molecule has 142 valence electrons. The number of rotatable bonds is 6. The van der Waals surface area contributed by atoms with Gasteiger partial charge in [-0.05, 0) is 71.6 Å². The van der Waals surface area contributed by atoms with Gasteiger partial charge < -0.3 is 10.6 Å². The van der Waals surface area contributed by atoms with Crippen molar-refractivity contribution in [3.8, 4) is 0 Å². The molecule has 0 atom stereocenters. The first kappa shape index (κ1) is 18.8. The van der Waals surface area contributed by atoms with Crippen molar-refractivity contribution < 1.29 is 0 Å². The molecule has 0 aromatic carbocycles. The van der Waals surface area contributed by atoms with Crippen molar-refractivity contribution in [3.05, 3.63) is 23.5 Å². The number of aromatic nitrogens is 2. The van der Waals surface area contributed by atoms with Crippen LogP contribution in [0.1, 0.15) is 56.7 Å². The molecule has 0 aliphatic heterocycles. The molecule has 1 aromatic rings. The second-order valence-electron chi connectivity index (χ2n) is 7.53. The second kappa shape index (κ2) is 8.62. The molecular formula is C20H32N6. The van der Waals surface area contributed by atoms with Gasteiger partial charge in [0.25, 0.3) is 0 Å². The topological polar surface area (TPSA) is 66.6 Å². The number of allylic oxidation sites excluding steroid dienone is 1. The van der Waals surface area contributed by atoms with Gasteiger partial charge in [-0.15, -0.1) is 0 Å². The Morgan fingerprint density at radius 3 is 2.54 bits per heavy atom. The Balaban J connectivity index is 1.71. The van der Waals surface area contributed by atoms with Crippen LogP contribution in [-0.2, 0) is 13.5 Å². The van der Waals surface area contributed by atoms with Gasteiger partial charge in [0.05, 0.1) is 11.9 Å². The van der Waals surface area contributed by atoms with Crippen LogP contribution in [-0.4, -0.2) is 41.6 Å². The number of hydrogen-bond acceptors (Lipinski definition) is 3. The number of nitrogens with one attached hydrogen (secondary N) is 2. The minimum atomic E-state index is 0.418. The summed E-state index contributed by atoms with van der Waals surface area (Å²) in [6.45, 7) is 5.74. The molecule has 0 saturated heterocycles. The standard InChI is InChI=1S/C20H32N6/c1-5-18(17-13-23-26(4)19(17)12-14-6-7-14)25-20(22-3)24-16-10-8-15(21-2)9-11-16/h5,13-16,21H,3,6-12H2,1-2,4H3,(H,24,25)/b18-5-. The highest BCUT2D eigenvalue weighted by molar-refractivity contribution is 5.89. The quantitative estimate of drug-likeness (QED) is 0.608. The highest BCUT2D eigenvalue weighted by Crippen LogP contribution is 2.34. The van der Waals surface area contributed by atoms with Crippen LogP contribution in [0.15, 0.2) is 22.3 Å². The Labute approximate surface area is 156 Å². The molecule has 2 fully saturated rings. The molecule has 1 aromatic heterocycles. The van der Waals surface area contributed by atoms with Crippen LogP contribution in [0.25, 0.3) is 5.70 Å². The van der Waals surface area contributed by atoms with Gasteiger partial charge in [0.1, 0.15) is 0 Å². The average molecular weight is 357 g/mol. The third-order valence-electron chi connectivity index (χ3n) is 5.63. The maximum Gasteiger partial charge on any atom is 0.222 e. The van der Waals surface area contributed by atoms with E-state index in [9.17, 15) is 0 Å². The minimum Gasteiger partial charge on any atom is -0.351 e. The van der Waals surface area contributed by atoms with E-state index >= 15 is 0 Å². The zero-order valence-electron chi connectivity index (χ0n) is 16.3. The van der Waals surface area contributed by atoms with E-state index in [1.165, 1.54) is 31.4 Å². The van der Waals surface area contributed by atoms with Crippen molar-refractivity contribution in [1.29, 1.82) is 0 Å². The molecule has 2 saturated carbocycles. The van der Waals surface area contributed by atoms with E-state index in [4.69, 9.17) is 4.99 Å². The molecule has 1 heterocycles.